The van der Waals surface area contributed by atoms with Gasteiger partial charge in [0.05, 0.1) is 18.3 Å². The molecule has 0 saturated carbocycles. The van der Waals surface area contributed by atoms with Crippen LogP contribution in [0.1, 0.15) is 17.8 Å². The van der Waals surface area contributed by atoms with Crippen LogP contribution < -0.4 is 11.1 Å². The molecular formula is C16H19FN4OS. The Morgan fingerprint density at radius 2 is 2.35 bits per heavy atom. The maximum Gasteiger partial charge on any atom is 0.189 e. The van der Waals surface area contributed by atoms with Crippen molar-refractivity contribution in [2.24, 2.45) is 10.7 Å². The number of aromatic nitrogens is 1. The van der Waals surface area contributed by atoms with Crippen molar-refractivity contribution in [2.45, 2.75) is 25.5 Å². The largest absolute Gasteiger partial charge is 0.376 e. The van der Waals surface area contributed by atoms with Crippen molar-refractivity contribution in [3.8, 4) is 11.3 Å². The topological polar surface area (TPSA) is 72.5 Å². The summed E-state index contributed by atoms with van der Waals surface area (Å²) in [4.78, 5) is 8.68. The van der Waals surface area contributed by atoms with Crippen LogP contribution in [0.2, 0.25) is 0 Å². The number of halogens is 1. The number of nitrogens with two attached hydrogens (primary N) is 1. The lowest BCUT2D eigenvalue weighted by molar-refractivity contribution is 0.114. The van der Waals surface area contributed by atoms with E-state index in [1.165, 1.54) is 17.4 Å². The smallest absolute Gasteiger partial charge is 0.189 e. The molecule has 1 atom stereocenters. The number of thiazole rings is 1. The zero-order valence-corrected chi connectivity index (χ0v) is 13.5. The Morgan fingerprint density at radius 3 is 3.13 bits per heavy atom. The average molecular weight is 334 g/mol. The second kappa shape index (κ2) is 7.52. The second-order valence-corrected chi connectivity index (χ2v) is 6.27. The minimum atomic E-state index is -0.273. The van der Waals surface area contributed by atoms with Gasteiger partial charge in [0.25, 0.3) is 0 Å². The van der Waals surface area contributed by atoms with Crippen LogP contribution in [0, 0.1) is 5.82 Å². The third-order valence-electron chi connectivity index (χ3n) is 3.62. The standard InChI is InChI=1S/C16H19FN4OS/c17-13-6-2-1-5-12(13)14-10-23-15(21-14)9-20-16(18)19-8-11-4-3-7-22-11/h1-2,5-6,10-11H,3-4,7-9H2,(H3,18,19,20). The van der Waals surface area contributed by atoms with Crippen LogP contribution in [-0.2, 0) is 11.3 Å². The lowest BCUT2D eigenvalue weighted by Crippen LogP contribution is -2.37. The molecule has 1 aromatic heterocycles. The average Bonchev–Trinajstić information content (AvgIpc) is 3.23. The molecular weight excluding hydrogens is 315 g/mol. The molecule has 122 valence electrons. The quantitative estimate of drug-likeness (QED) is 0.651. The van der Waals surface area contributed by atoms with Crippen molar-refractivity contribution < 1.29 is 9.13 Å². The predicted molar refractivity (Wildman–Crippen MR) is 89.8 cm³/mol. The highest BCUT2D eigenvalue weighted by Crippen LogP contribution is 2.24. The summed E-state index contributed by atoms with van der Waals surface area (Å²) in [5, 5.41) is 5.69. The number of rotatable bonds is 5. The van der Waals surface area contributed by atoms with E-state index in [2.05, 4.69) is 15.3 Å². The summed E-state index contributed by atoms with van der Waals surface area (Å²) in [6.45, 7) is 1.87. The summed E-state index contributed by atoms with van der Waals surface area (Å²) >= 11 is 1.45. The molecule has 2 heterocycles. The molecule has 3 N–H and O–H groups in total. The SMILES string of the molecule is NC(=NCc1nc(-c2ccccc2F)cs1)NCC1CCCO1. The van der Waals surface area contributed by atoms with Gasteiger partial charge in [-0.1, -0.05) is 12.1 Å². The molecule has 1 aliphatic heterocycles. The zero-order valence-electron chi connectivity index (χ0n) is 12.7. The molecule has 1 aromatic carbocycles. The maximum atomic E-state index is 13.7. The minimum absolute atomic E-state index is 0.219. The van der Waals surface area contributed by atoms with Gasteiger partial charge >= 0.3 is 0 Å². The molecule has 1 aliphatic rings. The first-order valence-electron chi connectivity index (χ1n) is 7.57. The van der Waals surface area contributed by atoms with Gasteiger partial charge in [-0.3, -0.25) is 0 Å². The Labute approximate surface area is 138 Å². The fourth-order valence-electron chi connectivity index (χ4n) is 2.41. The highest BCUT2D eigenvalue weighted by atomic mass is 32.1. The highest BCUT2D eigenvalue weighted by Gasteiger charge is 2.15. The van der Waals surface area contributed by atoms with Crippen molar-refractivity contribution in [3.63, 3.8) is 0 Å². The molecule has 0 spiro atoms. The molecule has 0 amide bonds. The van der Waals surface area contributed by atoms with E-state index in [0.717, 1.165) is 24.5 Å². The zero-order chi connectivity index (χ0) is 16.1. The summed E-state index contributed by atoms with van der Waals surface area (Å²) in [5.41, 5.74) is 6.97. The Balaban J connectivity index is 1.56. The van der Waals surface area contributed by atoms with E-state index in [-0.39, 0.29) is 11.9 Å². The Kier molecular flexibility index (Phi) is 5.19. The van der Waals surface area contributed by atoms with Crippen molar-refractivity contribution in [1.82, 2.24) is 10.3 Å². The molecule has 3 rings (SSSR count). The van der Waals surface area contributed by atoms with E-state index in [9.17, 15) is 4.39 Å². The van der Waals surface area contributed by atoms with Crippen LogP contribution in [0.4, 0.5) is 4.39 Å². The van der Waals surface area contributed by atoms with Crippen molar-refractivity contribution in [2.75, 3.05) is 13.2 Å². The van der Waals surface area contributed by atoms with Crippen molar-refractivity contribution in [1.29, 1.82) is 0 Å². The number of benzene rings is 1. The Hall–Kier alpha value is -1.99. The Bertz CT molecular complexity index is 682. The molecule has 2 aromatic rings. The molecule has 23 heavy (non-hydrogen) atoms. The lowest BCUT2D eigenvalue weighted by Gasteiger charge is -2.10. The van der Waals surface area contributed by atoms with E-state index < -0.39 is 0 Å². The van der Waals surface area contributed by atoms with Gasteiger partial charge in [-0.15, -0.1) is 11.3 Å². The number of aliphatic imine (C=N–C) groups is 1. The van der Waals surface area contributed by atoms with Gasteiger partial charge in [0.1, 0.15) is 10.8 Å². The number of ether oxygens (including phenoxy) is 1. The van der Waals surface area contributed by atoms with Gasteiger partial charge in [-0.2, -0.15) is 0 Å². The van der Waals surface area contributed by atoms with Crippen LogP contribution >= 0.6 is 11.3 Å². The van der Waals surface area contributed by atoms with E-state index in [1.54, 1.807) is 18.2 Å². The fourth-order valence-corrected chi connectivity index (χ4v) is 3.13. The molecule has 0 bridgehead atoms. The van der Waals surface area contributed by atoms with Crippen molar-refractivity contribution >= 4 is 17.3 Å². The molecule has 1 unspecified atom stereocenters. The van der Waals surface area contributed by atoms with Crippen LogP contribution in [0.25, 0.3) is 11.3 Å². The maximum absolute atomic E-state index is 13.7. The summed E-state index contributed by atoms with van der Waals surface area (Å²) in [6.07, 6.45) is 2.37. The second-order valence-electron chi connectivity index (χ2n) is 5.32. The van der Waals surface area contributed by atoms with Crippen LogP contribution in [0.15, 0.2) is 34.6 Å². The lowest BCUT2D eigenvalue weighted by atomic mass is 10.2. The van der Waals surface area contributed by atoms with E-state index >= 15 is 0 Å². The van der Waals surface area contributed by atoms with E-state index in [4.69, 9.17) is 10.5 Å². The highest BCUT2D eigenvalue weighted by molar-refractivity contribution is 7.09. The normalized spacial score (nSPS) is 18.3. The van der Waals surface area contributed by atoms with Gasteiger partial charge in [-0.25, -0.2) is 14.4 Å². The fraction of sp³-hybridized carbons (Fsp3) is 0.375. The van der Waals surface area contributed by atoms with Crippen molar-refractivity contribution in [3.05, 3.63) is 40.5 Å². The van der Waals surface area contributed by atoms with Crippen LogP contribution in [0.5, 0.6) is 0 Å². The van der Waals surface area contributed by atoms with Crippen LogP contribution in [0.3, 0.4) is 0 Å². The molecule has 0 radical (unpaired) electrons. The first-order chi connectivity index (χ1) is 11.2. The summed E-state index contributed by atoms with van der Waals surface area (Å²) < 4.78 is 19.3. The number of nitrogens with one attached hydrogen (secondary N) is 1. The van der Waals surface area contributed by atoms with E-state index in [0.29, 0.717) is 30.3 Å². The number of guanidine groups is 1. The summed E-state index contributed by atoms with van der Waals surface area (Å²) in [6, 6.07) is 6.61. The first-order valence-corrected chi connectivity index (χ1v) is 8.45. The molecule has 1 fully saturated rings. The van der Waals surface area contributed by atoms with Gasteiger partial charge in [0.15, 0.2) is 5.96 Å². The monoisotopic (exact) mass is 334 g/mol. The van der Waals surface area contributed by atoms with Gasteiger partial charge in [0, 0.05) is 24.1 Å². The summed E-state index contributed by atoms with van der Waals surface area (Å²) in [7, 11) is 0. The van der Waals surface area contributed by atoms with Gasteiger partial charge in [-0.05, 0) is 25.0 Å². The number of hydrogen-bond donors (Lipinski definition) is 2. The Morgan fingerprint density at radius 1 is 1.48 bits per heavy atom. The third kappa shape index (κ3) is 4.27. The number of nitrogens with zero attached hydrogens (tertiary/aromatic N) is 2. The first kappa shape index (κ1) is 15.9. The van der Waals surface area contributed by atoms with Gasteiger partial charge in [0.2, 0.25) is 0 Å². The molecule has 0 aliphatic carbocycles. The third-order valence-corrected chi connectivity index (χ3v) is 4.45. The molecule has 5 nitrogen and oxygen atoms in total. The number of hydrogen-bond acceptors (Lipinski definition) is 4. The molecule has 7 heteroatoms. The van der Waals surface area contributed by atoms with E-state index in [1.807, 2.05) is 5.38 Å². The molecule has 1 saturated heterocycles. The van der Waals surface area contributed by atoms with Gasteiger partial charge < -0.3 is 15.8 Å². The van der Waals surface area contributed by atoms with Crippen LogP contribution in [-0.4, -0.2) is 30.2 Å². The predicted octanol–water partition coefficient (Wildman–Crippen LogP) is 2.53. The summed E-state index contributed by atoms with van der Waals surface area (Å²) in [5.74, 6) is 0.105. The minimum Gasteiger partial charge on any atom is -0.376 e.